The van der Waals surface area contributed by atoms with Gasteiger partial charge in [-0.15, -0.1) is 0 Å². The molecule has 1 aliphatic rings. The SMILES string of the molecule is NCc1ccc(C(=O)N2CCOC(c3cccc(O)c3)C2)cc1. The van der Waals surface area contributed by atoms with E-state index in [0.717, 1.165) is 11.1 Å². The molecule has 2 aromatic carbocycles. The van der Waals surface area contributed by atoms with Crippen LogP contribution in [0.1, 0.15) is 27.6 Å². The van der Waals surface area contributed by atoms with Crippen LogP contribution in [0.15, 0.2) is 48.5 Å². The lowest BCUT2D eigenvalue weighted by atomic mass is 10.1. The zero-order valence-electron chi connectivity index (χ0n) is 12.8. The molecule has 1 heterocycles. The van der Waals surface area contributed by atoms with E-state index in [-0.39, 0.29) is 17.8 Å². The van der Waals surface area contributed by atoms with E-state index in [1.807, 2.05) is 30.3 Å². The standard InChI is InChI=1S/C18H20N2O3/c19-11-13-4-6-14(7-5-13)18(22)20-8-9-23-17(12-20)15-2-1-3-16(21)10-15/h1-7,10,17,21H,8-9,11-12,19H2. The van der Waals surface area contributed by atoms with Crippen LogP contribution in [0.3, 0.4) is 0 Å². The van der Waals surface area contributed by atoms with Crippen molar-refractivity contribution in [1.82, 2.24) is 4.90 Å². The lowest BCUT2D eigenvalue weighted by Gasteiger charge is -2.33. The molecule has 0 aliphatic carbocycles. The van der Waals surface area contributed by atoms with Crippen molar-refractivity contribution >= 4 is 5.91 Å². The molecule has 1 atom stereocenters. The zero-order chi connectivity index (χ0) is 16.2. The van der Waals surface area contributed by atoms with Crippen LogP contribution in [0, 0.1) is 0 Å². The summed E-state index contributed by atoms with van der Waals surface area (Å²) in [6.45, 7) is 1.98. The molecule has 0 radical (unpaired) electrons. The molecule has 1 unspecified atom stereocenters. The number of carbonyl (C=O) groups is 1. The number of nitrogens with zero attached hydrogens (tertiary/aromatic N) is 1. The van der Waals surface area contributed by atoms with E-state index in [9.17, 15) is 9.90 Å². The van der Waals surface area contributed by atoms with Gasteiger partial charge in [-0.2, -0.15) is 0 Å². The van der Waals surface area contributed by atoms with Gasteiger partial charge in [-0.05, 0) is 35.4 Å². The number of hydrogen-bond acceptors (Lipinski definition) is 4. The van der Waals surface area contributed by atoms with Gasteiger partial charge in [0.05, 0.1) is 13.2 Å². The van der Waals surface area contributed by atoms with Crippen LogP contribution in [0.25, 0.3) is 0 Å². The second-order valence-electron chi connectivity index (χ2n) is 5.61. The van der Waals surface area contributed by atoms with Crippen molar-refractivity contribution in [3.8, 4) is 5.75 Å². The Morgan fingerprint density at radius 3 is 2.74 bits per heavy atom. The highest BCUT2D eigenvalue weighted by atomic mass is 16.5. The molecule has 5 nitrogen and oxygen atoms in total. The third kappa shape index (κ3) is 3.52. The summed E-state index contributed by atoms with van der Waals surface area (Å²) in [6.07, 6.45) is -0.219. The predicted molar refractivity (Wildman–Crippen MR) is 87.0 cm³/mol. The molecular weight excluding hydrogens is 292 g/mol. The van der Waals surface area contributed by atoms with Crippen molar-refractivity contribution in [3.63, 3.8) is 0 Å². The first-order chi connectivity index (χ1) is 11.2. The first kappa shape index (κ1) is 15.5. The van der Waals surface area contributed by atoms with Crippen molar-refractivity contribution < 1.29 is 14.6 Å². The number of carbonyl (C=O) groups excluding carboxylic acids is 1. The van der Waals surface area contributed by atoms with Gasteiger partial charge in [-0.25, -0.2) is 0 Å². The Morgan fingerprint density at radius 2 is 2.04 bits per heavy atom. The summed E-state index contributed by atoms with van der Waals surface area (Å²) in [5.41, 5.74) is 8.11. The number of benzene rings is 2. The molecule has 23 heavy (non-hydrogen) atoms. The molecule has 1 amide bonds. The molecule has 1 aliphatic heterocycles. The molecule has 3 N–H and O–H groups in total. The summed E-state index contributed by atoms with van der Waals surface area (Å²) in [6, 6.07) is 14.3. The molecule has 0 aromatic heterocycles. The van der Waals surface area contributed by atoms with Crippen molar-refractivity contribution in [2.45, 2.75) is 12.6 Å². The fourth-order valence-corrected chi connectivity index (χ4v) is 2.73. The van der Waals surface area contributed by atoms with Gasteiger partial charge in [0.15, 0.2) is 0 Å². The minimum Gasteiger partial charge on any atom is -0.508 e. The summed E-state index contributed by atoms with van der Waals surface area (Å²) >= 11 is 0. The molecular formula is C18H20N2O3. The Labute approximate surface area is 135 Å². The number of phenolic OH excluding ortho intramolecular Hbond substituents is 1. The normalized spacial score (nSPS) is 18.0. The Kier molecular flexibility index (Phi) is 4.60. The summed E-state index contributed by atoms with van der Waals surface area (Å²) in [5, 5.41) is 9.60. The Morgan fingerprint density at radius 1 is 1.26 bits per heavy atom. The highest BCUT2D eigenvalue weighted by Crippen LogP contribution is 2.25. The van der Waals surface area contributed by atoms with E-state index in [2.05, 4.69) is 0 Å². The molecule has 0 spiro atoms. The van der Waals surface area contributed by atoms with Crippen LogP contribution >= 0.6 is 0 Å². The topological polar surface area (TPSA) is 75.8 Å². The summed E-state index contributed by atoms with van der Waals surface area (Å²) < 4.78 is 5.75. The van der Waals surface area contributed by atoms with Crippen molar-refractivity contribution in [2.24, 2.45) is 5.73 Å². The molecule has 120 valence electrons. The quantitative estimate of drug-likeness (QED) is 0.909. The van der Waals surface area contributed by atoms with Gasteiger partial charge in [0.25, 0.3) is 5.91 Å². The van der Waals surface area contributed by atoms with Crippen LogP contribution < -0.4 is 5.73 Å². The van der Waals surface area contributed by atoms with Crippen molar-refractivity contribution in [2.75, 3.05) is 19.7 Å². The van der Waals surface area contributed by atoms with Gasteiger partial charge in [-0.3, -0.25) is 4.79 Å². The molecule has 3 rings (SSSR count). The molecule has 1 saturated heterocycles. The Balaban J connectivity index is 1.73. The largest absolute Gasteiger partial charge is 0.508 e. The minimum absolute atomic E-state index is 0.0120. The molecule has 5 heteroatoms. The summed E-state index contributed by atoms with van der Waals surface area (Å²) in [4.78, 5) is 14.4. The molecule has 1 fully saturated rings. The van der Waals surface area contributed by atoms with Gasteiger partial charge in [0.1, 0.15) is 11.9 Å². The highest BCUT2D eigenvalue weighted by molar-refractivity contribution is 5.94. The van der Waals surface area contributed by atoms with E-state index in [1.54, 1.807) is 23.1 Å². The maximum absolute atomic E-state index is 12.6. The second kappa shape index (κ2) is 6.81. The van der Waals surface area contributed by atoms with E-state index < -0.39 is 0 Å². The average Bonchev–Trinajstić information content (AvgIpc) is 2.61. The number of morpholine rings is 1. The second-order valence-corrected chi connectivity index (χ2v) is 5.61. The smallest absolute Gasteiger partial charge is 0.254 e. The summed E-state index contributed by atoms with van der Waals surface area (Å²) in [5.74, 6) is 0.189. The van der Waals surface area contributed by atoms with Gasteiger partial charge in [0.2, 0.25) is 0 Å². The number of ether oxygens (including phenoxy) is 1. The van der Waals surface area contributed by atoms with Gasteiger partial charge in [-0.1, -0.05) is 24.3 Å². The van der Waals surface area contributed by atoms with Crippen LogP contribution in [0.4, 0.5) is 0 Å². The average molecular weight is 312 g/mol. The zero-order valence-corrected chi connectivity index (χ0v) is 12.8. The summed E-state index contributed by atoms with van der Waals surface area (Å²) in [7, 11) is 0. The monoisotopic (exact) mass is 312 g/mol. The first-order valence-electron chi connectivity index (χ1n) is 7.66. The van der Waals surface area contributed by atoms with Crippen LogP contribution in [0.5, 0.6) is 5.75 Å². The predicted octanol–water partition coefficient (Wildman–Crippen LogP) is 2.06. The van der Waals surface area contributed by atoms with Crippen LogP contribution in [-0.4, -0.2) is 35.6 Å². The van der Waals surface area contributed by atoms with E-state index in [4.69, 9.17) is 10.5 Å². The number of nitrogens with two attached hydrogens (primary N) is 1. The van der Waals surface area contributed by atoms with E-state index in [1.165, 1.54) is 0 Å². The van der Waals surface area contributed by atoms with Gasteiger partial charge < -0.3 is 20.5 Å². The third-order valence-electron chi connectivity index (χ3n) is 4.03. The molecule has 0 saturated carbocycles. The van der Waals surface area contributed by atoms with E-state index in [0.29, 0.717) is 31.8 Å². The first-order valence-corrected chi connectivity index (χ1v) is 7.66. The van der Waals surface area contributed by atoms with E-state index >= 15 is 0 Å². The fraction of sp³-hybridized carbons (Fsp3) is 0.278. The number of hydrogen-bond donors (Lipinski definition) is 2. The van der Waals surface area contributed by atoms with Gasteiger partial charge >= 0.3 is 0 Å². The van der Waals surface area contributed by atoms with Crippen LogP contribution in [-0.2, 0) is 11.3 Å². The molecule has 0 bridgehead atoms. The fourth-order valence-electron chi connectivity index (χ4n) is 2.73. The van der Waals surface area contributed by atoms with Gasteiger partial charge in [0, 0.05) is 18.7 Å². The van der Waals surface area contributed by atoms with Crippen molar-refractivity contribution in [1.29, 1.82) is 0 Å². The third-order valence-corrected chi connectivity index (χ3v) is 4.03. The number of phenols is 1. The lowest BCUT2D eigenvalue weighted by molar-refractivity contribution is -0.0228. The number of amides is 1. The Hall–Kier alpha value is -2.37. The van der Waals surface area contributed by atoms with Crippen molar-refractivity contribution in [3.05, 3.63) is 65.2 Å². The number of rotatable bonds is 3. The van der Waals surface area contributed by atoms with Crippen LogP contribution in [0.2, 0.25) is 0 Å². The minimum atomic E-state index is -0.219. The Bertz CT molecular complexity index is 685. The molecule has 2 aromatic rings. The maximum Gasteiger partial charge on any atom is 0.254 e. The maximum atomic E-state index is 12.6. The highest BCUT2D eigenvalue weighted by Gasteiger charge is 2.26. The lowest BCUT2D eigenvalue weighted by Crippen LogP contribution is -2.42. The number of aromatic hydroxyl groups is 1.